The number of benzene rings is 5. The van der Waals surface area contributed by atoms with E-state index >= 15 is 0 Å². The number of hydrogen-bond donors (Lipinski definition) is 2. The van der Waals surface area contributed by atoms with Gasteiger partial charge >= 0.3 is 0 Å². The maximum atomic E-state index is 11.6. The number of aliphatic hydroxyl groups is 2. The molecule has 5 aromatic carbocycles. The molecule has 3 fully saturated rings. The minimum absolute atomic E-state index is 0.200. The van der Waals surface area contributed by atoms with Gasteiger partial charge in [0.15, 0.2) is 18.9 Å². The molecule has 0 bridgehead atoms. The number of methoxy groups -OCH3 is 1. The molecule has 0 radical (unpaired) electrons. The summed E-state index contributed by atoms with van der Waals surface area (Å²) in [5.74, 6) is 0. The Bertz CT molecular complexity index is 2160. The lowest BCUT2D eigenvalue weighted by Gasteiger charge is -2.50. The Balaban J connectivity index is 1.14. The van der Waals surface area contributed by atoms with Gasteiger partial charge in [-0.25, -0.2) is 0 Å². The first kappa shape index (κ1) is 49.0. The molecule has 13 nitrogen and oxygen atoms in total. The van der Waals surface area contributed by atoms with Gasteiger partial charge < -0.3 is 62.3 Å². The molecule has 5 aromatic rings. The van der Waals surface area contributed by atoms with Crippen LogP contribution in [0.5, 0.6) is 0 Å². The molecule has 0 aliphatic carbocycles. The molecule has 3 heterocycles. The van der Waals surface area contributed by atoms with Crippen molar-refractivity contribution in [2.24, 2.45) is 0 Å². The normalized spacial score (nSPS) is 32.2. The fourth-order valence-corrected chi connectivity index (χ4v) is 8.94. The summed E-state index contributed by atoms with van der Waals surface area (Å²) in [7, 11) is 1.59. The average Bonchev–Trinajstić information content (AvgIpc) is 3.36. The van der Waals surface area contributed by atoms with Crippen LogP contribution in [0, 0.1) is 0 Å². The summed E-state index contributed by atoms with van der Waals surface area (Å²) < 4.78 is 73.3. The SMILES string of the molecule is CO[C@@H]1[C@@H](OCc2ccccc2)[C@H](C)O[C@@H](O[C@H]2[C@@H](O)[C@H](O)O[C@@H](C)[C@@H]2OCc2ccccc2)[C@@H]1O[C@@H]1O[C@@H](C)[C@H](OCc2ccccc2)[C@@H](OCc2ccccc2)[C@H]1OCc1ccccc1. The summed E-state index contributed by atoms with van der Waals surface area (Å²) in [4.78, 5) is 0. The molecule has 15 atom stereocenters. The van der Waals surface area contributed by atoms with Gasteiger partial charge in [-0.05, 0) is 48.6 Å². The fraction of sp³-hybridized carbons (Fsp3) is 0.444. The topological polar surface area (TPSA) is 142 Å². The van der Waals surface area contributed by atoms with E-state index in [1.807, 2.05) is 166 Å². The fourth-order valence-electron chi connectivity index (χ4n) is 8.94. The molecule has 0 amide bonds. The summed E-state index contributed by atoms with van der Waals surface area (Å²) in [6.07, 6.45) is -14.0. The van der Waals surface area contributed by atoms with Crippen molar-refractivity contribution in [2.45, 2.75) is 146 Å². The summed E-state index contributed by atoms with van der Waals surface area (Å²) in [6.45, 7) is 6.82. The van der Waals surface area contributed by atoms with Crippen molar-refractivity contribution in [1.29, 1.82) is 0 Å². The lowest BCUT2D eigenvalue weighted by molar-refractivity contribution is -0.392. The molecule has 67 heavy (non-hydrogen) atoms. The molecule has 0 aromatic heterocycles. The van der Waals surface area contributed by atoms with Crippen molar-refractivity contribution >= 4 is 0 Å². The van der Waals surface area contributed by atoms with E-state index in [2.05, 4.69) is 0 Å². The lowest BCUT2D eigenvalue weighted by Crippen LogP contribution is -2.66. The van der Waals surface area contributed by atoms with Crippen LogP contribution in [0.2, 0.25) is 0 Å². The number of ether oxygens (including phenoxy) is 11. The first-order valence-corrected chi connectivity index (χ1v) is 23.2. The quantitative estimate of drug-likeness (QED) is 0.0809. The maximum absolute atomic E-state index is 11.6. The van der Waals surface area contributed by atoms with E-state index in [0.717, 1.165) is 27.8 Å². The molecule has 358 valence electrons. The molecular weight excluding hydrogens is 857 g/mol. The zero-order valence-electron chi connectivity index (χ0n) is 38.5. The third-order valence-corrected chi connectivity index (χ3v) is 12.5. The van der Waals surface area contributed by atoms with E-state index in [9.17, 15) is 10.2 Å². The first-order chi connectivity index (χ1) is 32.7. The molecule has 13 heteroatoms. The predicted octanol–water partition coefficient (Wildman–Crippen LogP) is 7.29. The Morgan fingerprint density at radius 2 is 0.657 bits per heavy atom. The van der Waals surface area contributed by atoms with E-state index in [4.69, 9.17) is 52.1 Å². The van der Waals surface area contributed by atoms with Gasteiger partial charge in [0.1, 0.15) is 54.9 Å². The molecule has 0 spiro atoms. The largest absolute Gasteiger partial charge is 0.385 e. The van der Waals surface area contributed by atoms with Gasteiger partial charge in [-0.15, -0.1) is 0 Å². The Hall–Kier alpha value is -4.42. The van der Waals surface area contributed by atoms with Crippen LogP contribution in [0.1, 0.15) is 48.6 Å². The van der Waals surface area contributed by atoms with Crippen LogP contribution in [0.3, 0.4) is 0 Å². The highest BCUT2D eigenvalue weighted by atomic mass is 16.8. The molecule has 3 aliphatic heterocycles. The first-order valence-electron chi connectivity index (χ1n) is 23.2. The highest BCUT2D eigenvalue weighted by Gasteiger charge is 2.55. The van der Waals surface area contributed by atoms with Gasteiger partial charge in [0.25, 0.3) is 0 Å². The molecule has 3 aliphatic rings. The van der Waals surface area contributed by atoms with Crippen LogP contribution in [0.15, 0.2) is 152 Å². The summed E-state index contributed by atoms with van der Waals surface area (Å²) in [5.41, 5.74) is 4.78. The van der Waals surface area contributed by atoms with Gasteiger partial charge in [-0.3, -0.25) is 0 Å². The summed E-state index contributed by atoms with van der Waals surface area (Å²) >= 11 is 0. The van der Waals surface area contributed by atoms with Gasteiger partial charge in [0, 0.05) is 7.11 Å². The summed E-state index contributed by atoms with van der Waals surface area (Å²) in [6, 6.07) is 49.3. The number of rotatable bonds is 20. The number of hydrogen-bond acceptors (Lipinski definition) is 13. The second-order valence-corrected chi connectivity index (χ2v) is 17.3. The molecule has 0 unspecified atom stereocenters. The highest BCUT2D eigenvalue weighted by Crippen LogP contribution is 2.38. The van der Waals surface area contributed by atoms with Crippen LogP contribution >= 0.6 is 0 Å². The van der Waals surface area contributed by atoms with E-state index in [1.165, 1.54) is 0 Å². The number of aliphatic hydroxyl groups excluding tert-OH is 2. The van der Waals surface area contributed by atoms with Crippen LogP contribution in [0.25, 0.3) is 0 Å². The van der Waals surface area contributed by atoms with Gasteiger partial charge in [0.2, 0.25) is 0 Å². The van der Waals surface area contributed by atoms with Crippen molar-refractivity contribution < 1.29 is 62.3 Å². The maximum Gasteiger partial charge on any atom is 0.187 e. The predicted molar refractivity (Wildman–Crippen MR) is 247 cm³/mol. The van der Waals surface area contributed by atoms with Crippen molar-refractivity contribution in [3.8, 4) is 0 Å². The smallest absolute Gasteiger partial charge is 0.187 e. The van der Waals surface area contributed by atoms with Crippen molar-refractivity contribution in [3.63, 3.8) is 0 Å². The Labute approximate surface area is 393 Å². The standard InChI is InChI=1S/C54H64O13/c1-35-44(58-30-38-20-10-5-11-21-38)47(43(55)52(56)63-35)66-54-51(48(57-4)45(36(2)65-54)59-31-39-22-12-6-13-23-39)67-53-50(62-34-42-28-18-9-19-29-42)49(61-33-41-26-16-8-17-27-41)46(37(3)64-53)60-32-40-24-14-7-15-25-40/h5-29,35-37,43-56H,30-34H2,1-4H3/t35-,36-,37-,43+,44-,45-,46-,47-,48+,49+,50+,51+,52+,53-,54-/m0/s1. The van der Waals surface area contributed by atoms with E-state index < -0.39 is 92.1 Å². The molecule has 8 rings (SSSR count). The van der Waals surface area contributed by atoms with Crippen LogP contribution in [0.4, 0.5) is 0 Å². The minimum Gasteiger partial charge on any atom is -0.385 e. The minimum atomic E-state index is -1.56. The van der Waals surface area contributed by atoms with Crippen molar-refractivity contribution in [2.75, 3.05) is 7.11 Å². The monoisotopic (exact) mass is 920 g/mol. The second kappa shape index (κ2) is 24.2. The van der Waals surface area contributed by atoms with Crippen LogP contribution in [-0.4, -0.2) is 109 Å². The third kappa shape index (κ3) is 12.8. The van der Waals surface area contributed by atoms with E-state index in [-0.39, 0.29) is 26.4 Å². The Morgan fingerprint density at radius 3 is 1.04 bits per heavy atom. The molecular formula is C54H64O13. The van der Waals surface area contributed by atoms with Gasteiger partial charge in [-0.2, -0.15) is 0 Å². The van der Waals surface area contributed by atoms with Crippen LogP contribution in [-0.2, 0) is 85.1 Å². The van der Waals surface area contributed by atoms with E-state index in [0.29, 0.717) is 6.61 Å². The average molecular weight is 921 g/mol. The lowest BCUT2D eigenvalue weighted by atomic mass is 9.96. The van der Waals surface area contributed by atoms with Gasteiger partial charge in [-0.1, -0.05) is 152 Å². The van der Waals surface area contributed by atoms with Crippen molar-refractivity contribution in [1.82, 2.24) is 0 Å². The zero-order chi connectivity index (χ0) is 46.5. The van der Waals surface area contributed by atoms with Crippen LogP contribution < -0.4 is 0 Å². The Kier molecular flexibility index (Phi) is 17.7. The third-order valence-electron chi connectivity index (χ3n) is 12.5. The van der Waals surface area contributed by atoms with Crippen molar-refractivity contribution in [3.05, 3.63) is 179 Å². The highest BCUT2D eigenvalue weighted by molar-refractivity contribution is 5.17. The molecule has 3 saturated heterocycles. The van der Waals surface area contributed by atoms with Gasteiger partial charge in [0.05, 0.1) is 51.3 Å². The second-order valence-electron chi connectivity index (χ2n) is 17.3. The summed E-state index contributed by atoms with van der Waals surface area (Å²) in [5, 5.41) is 22.6. The molecule has 2 N–H and O–H groups in total. The van der Waals surface area contributed by atoms with E-state index in [1.54, 1.807) is 14.0 Å². The zero-order valence-corrected chi connectivity index (χ0v) is 38.5. The molecule has 0 saturated carbocycles. The Morgan fingerprint density at radius 1 is 0.358 bits per heavy atom.